The molecule has 2 rings (SSSR count). The van der Waals surface area contributed by atoms with Gasteiger partial charge in [-0.1, -0.05) is 6.42 Å². The van der Waals surface area contributed by atoms with Crippen molar-refractivity contribution in [2.75, 3.05) is 0 Å². The number of hydrogen-bond donors (Lipinski definition) is 0. The lowest BCUT2D eigenvalue weighted by Gasteiger charge is -2.42. The van der Waals surface area contributed by atoms with Gasteiger partial charge in [0.05, 0.1) is 6.33 Å². The molecule has 0 aliphatic heterocycles. The van der Waals surface area contributed by atoms with Crippen LogP contribution in [-0.4, -0.2) is 17.9 Å². The highest BCUT2D eigenvalue weighted by atomic mass is 28.4. The van der Waals surface area contributed by atoms with Crippen LogP contribution in [0.25, 0.3) is 0 Å². The molecule has 1 aliphatic rings. The van der Waals surface area contributed by atoms with Crippen LogP contribution in [0.2, 0.25) is 19.6 Å². The minimum absolute atomic E-state index is 0.0980. The average Bonchev–Trinajstić information content (AvgIpc) is 2.69. The first kappa shape index (κ1) is 11.9. The Morgan fingerprint density at radius 3 is 2.38 bits per heavy atom. The van der Waals surface area contributed by atoms with Gasteiger partial charge >= 0.3 is 0 Å². The lowest BCUT2D eigenvalue weighted by atomic mass is 9.92. The van der Waals surface area contributed by atoms with Crippen LogP contribution in [-0.2, 0) is 10.2 Å². The van der Waals surface area contributed by atoms with Crippen LogP contribution in [0.5, 0.6) is 0 Å². The summed E-state index contributed by atoms with van der Waals surface area (Å²) in [5, 5.41) is 0. The molecule has 0 bridgehead atoms. The van der Waals surface area contributed by atoms with Crippen LogP contribution in [0.15, 0.2) is 18.7 Å². The van der Waals surface area contributed by atoms with Gasteiger partial charge in [0.1, 0.15) is 5.72 Å². The molecule has 0 spiro atoms. The average molecular weight is 238 g/mol. The van der Waals surface area contributed by atoms with Crippen LogP contribution in [0, 0.1) is 0 Å². The molecule has 0 radical (unpaired) electrons. The van der Waals surface area contributed by atoms with Crippen molar-refractivity contribution in [3.05, 3.63) is 18.7 Å². The third kappa shape index (κ3) is 2.55. The second kappa shape index (κ2) is 4.34. The van der Waals surface area contributed by atoms with Crippen molar-refractivity contribution >= 4 is 8.32 Å². The molecular formula is C12H22N2OSi. The van der Waals surface area contributed by atoms with Crippen LogP contribution >= 0.6 is 0 Å². The molecule has 1 aromatic rings. The predicted octanol–water partition coefficient (Wildman–Crippen LogP) is 3.35. The zero-order valence-corrected chi connectivity index (χ0v) is 11.6. The molecule has 90 valence electrons. The van der Waals surface area contributed by atoms with E-state index in [0.717, 1.165) is 12.8 Å². The van der Waals surface area contributed by atoms with Crippen LogP contribution in [0.1, 0.15) is 32.1 Å². The fourth-order valence-corrected chi connectivity index (χ4v) is 4.04. The molecule has 1 aromatic heterocycles. The summed E-state index contributed by atoms with van der Waals surface area (Å²) in [6, 6.07) is 0. The van der Waals surface area contributed by atoms with E-state index in [-0.39, 0.29) is 5.72 Å². The highest BCUT2D eigenvalue weighted by molar-refractivity contribution is 6.69. The summed E-state index contributed by atoms with van der Waals surface area (Å²) in [5.74, 6) is 0. The number of aromatic nitrogens is 2. The van der Waals surface area contributed by atoms with Gasteiger partial charge in [0.25, 0.3) is 0 Å². The van der Waals surface area contributed by atoms with Crippen LogP contribution < -0.4 is 0 Å². The summed E-state index contributed by atoms with van der Waals surface area (Å²) < 4.78 is 8.66. The molecule has 1 fully saturated rings. The van der Waals surface area contributed by atoms with Gasteiger partial charge in [0, 0.05) is 12.4 Å². The van der Waals surface area contributed by atoms with Gasteiger partial charge < -0.3 is 8.99 Å². The van der Waals surface area contributed by atoms with Gasteiger partial charge in [-0.25, -0.2) is 4.98 Å². The van der Waals surface area contributed by atoms with Gasteiger partial charge in [-0.3, -0.25) is 0 Å². The lowest BCUT2D eigenvalue weighted by Crippen LogP contribution is -2.45. The fourth-order valence-electron chi connectivity index (χ4n) is 2.59. The Morgan fingerprint density at radius 1 is 1.19 bits per heavy atom. The largest absolute Gasteiger partial charge is 0.395 e. The van der Waals surface area contributed by atoms with Crippen molar-refractivity contribution in [3.63, 3.8) is 0 Å². The molecule has 4 heteroatoms. The Morgan fingerprint density at radius 2 is 1.88 bits per heavy atom. The SMILES string of the molecule is C[Si](C)(C)OC1(n2ccnc2)CCCCC1. The Hall–Kier alpha value is -0.613. The van der Waals surface area contributed by atoms with E-state index in [1.807, 2.05) is 18.7 Å². The van der Waals surface area contributed by atoms with E-state index >= 15 is 0 Å². The van der Waals surface area contributed by atoms with Gasteiger partial charge in [-0.05, 0) is 45.3 Å². The van der Waals surface area contributed by atoms with Gasteiger partial charge in [-0.2, -0.15) is 0 Å². The molecule has 1 heterocycles. The van der Waals surface area contributed by atoms with Crippen molar-refractivity contribution in [1.29, 1.82) is 0 Å². The van der Waals surface area contributed by atoms with Gasteiger partial charge in [0.2, 0.25) is 0 Å². The number of imidazole rings is 1. The summed E-state index contributed by atoms with van der Waals surface area (Å²) in [4.78, 5) is 4.17. The summed E-state index contributed by atoms with van der Waals surface area (Å²) >= 11 is 0. The standard InChI is InChI=1S/C12H22N2OSi/c1-16(2,3)15-12(7-5-4-6-8-12)14-10-9-13-11-14/h9-11H,4-8H2,1-3H3. The first-order valence-corrected chi connectivity index (χ1v) is 9.61. The molecular weight excluding hydrogens is 216 g/mol. The Labute approximate surface area is 99.0 Å². The fraction of sp³-hybridized carbons (Fsp3) is 0.750. The van der Waals surface area contributed by atoms with Crippen LogP contribution in [0.4, 0.5) is 0 Å². The van der Waals surface area contributed by atoms with Gasteiger partial charge in [0.15, 0.2) is 8.32 Å². The summed E-state index contributed by atoms with van der Waals surface area (Å²) in [6.07, 6.45) is 11.9. The second-order valence-corrected chi connectivity index (χ2v) is 10.1. The Balaban J connectivity index is 2.25. The maximum atomic E-state index is 6.47. The van der Waals surface area contributed by atoms with E-state index in [9.17, 15) is 0 Å². The number of nitrogens with zero attached hydrogens (tertiary/aromatic N) is 2. The van der Waals surface area contributed by atoms with Crippen molar-refractivity contribution < 1.29 is 4.43 Å². The maximum absolute atomic E-state index is 6.47. The third-order valence-electron chi connectivity index (χ3n) is 3.11. The molecule has 1 aliphatic carbocycles. The van der Waals surface area contributed by atoms with E-state index in [1.54, 1.807) is 0 Å². The first-order chi connectivity index (χ1) is 7.52. The Kier molecular flexibility index (Phi) is 3.21. The zero-order valence-electron chi connectivity index (χ0n) is 10.6. The molecule has 0 saturated heterocycles. The summed E-state index contributed by atoms with van der Waals surface area (Å²) in [6.45, 7) is 6.79. The monoisotopic (exact) mass is 238 g/mol. The van der Waals surface area contributed by atoms with E-state index < -0.39 is 8.32 Å². The minimum Gasteiger partial charge on any atom is -0.395 e. The highest BCUT2D eigenvalue weighted by Crippen LogP contribution is 2.38. The number of hydrogen-bond acceptors (Lipinski definition) is 2. The molecule has 3 nitrogen and oxygen atoms in total. The van der Waals surface area contributed by atoms with Crippen molar-refractivity contribution in [1.82, 2.24) is 9.55 Å². The maximum Gasteiger partial charge on any atom is 0.186 e. The quantitative estimate of drug-likeness (QED) is 0.755. The van der Waals surface area contributed by atoms with Crippen molar-refractivity contribution in [3.8, 4) is 0 Å². The van der Waals surface area contributed by atoms with E-state index in [4.69, 9.17) is 4.43 Å². The first-order valence-electron chi connectivity index (χ1n) is 6.21. The Bertz CT molecular complexity index is 323. The number of rotatable bonds is 3. The molecule has 1 saturated carbocycles. The van der Waals surface area contributed by atoms with E-state index in [2.05, 4.69) is 29.2 Å². The zero-order chi connectivity index (χ0) is 11.6. The highest BCUT2D eigenvalue weighted by Gasteiger charge is 2.38. The molecule has 16 heavy (non-hydrogen) atoms. The molecule has 0 N–H and O–H groups in total. The topological polar surface area (TPSA) is 27.1 Å². The molecule has 0 unspecified atom stereocenters. The molecule has 0 aromatic carbocycles. The smallest absolute Gasteiger partial charge is 0.186 e. The van der Waals surface area contributed by atoms with E-state index in [1.165, 1.54) is 19.3 Å². The normalized spacial score (nSPS) is 20.9. The predicted molar refractivity (Wildman–Crippen MR) is 67.7 cm³/mol. The summed E-state index contributed by atoms with van der Waals surface area (Å²) in [5.41, 5.74) is -0.0980. The molecule has 0 amide bonds. The van der Waals surface area contributed by atoms with Crippen molar-refractivity contribution in [2.45, 2.75) is 57.5 Å². The van der Waals surface area contributed by atoms with Gasteiger partial charge in [-0.15, -0.1) is 0 Å². The van der Waals surface area contributed by atoms with Crippen LogP contribution in [0.3, 0.4) is 0 Å². The minimum atomic E-state index is -1.52. The lowest BCUT2D eigenvalue weighted by molar-refractivity contribution is -0.0511. The van der Waals surface area contributed by atoms with E-state index in [0.29, 0.717) is 0 Å². The second-order valence-electron chi connectivity index (χ2n) is 5.69. The summed E-state index contributed by atoms with van der Waals surface area (Å²) in [7, 11) is -1.52. The molecule has 0 atom stereocenters. The third-order valence-corrected chi connectivity index (χ3v) is 4.10. The van der Waals surface area contributed by atoms with Crippen molar-refractivity contribution in [2.24, 2.45) is 0 Å².